The highest BCUT2D eigenvalue weighted by atomic mass is 32.2. The number of pyridine rings is 1. The Balaban J connectivity index is 2.29. The lowest BCUT2D eigenvalue weighted by atomic mass is 10.1. The van der Waals surface area contributed by atoms with Crippen molar-refractivity contribution in [3.05, 3.63) is 35.5 Å². The average molecular weight is 366 g/mol. The number of carbonyl (C=O) groups excluding carboxylic acids is 1. The molecule has 0 bridgehead atoms. The van der Waals surface area contributed by atoms with Crippen molar-refractivity contribution >= 4 is 28.6 Å². The van der Waals surface area contributed by atoms with Crippen LogP contribution < -0.4 is 10.1 Å². The molecule has 1 amide bonds. The highest BCUT2D eigenvalue weighted by Gasteiger charge is 2.25. The van der Waals surface area contributed by atoms with Gasteiger partial charge in [0.15, 0.2) is 0 Å². The highest BCUT2D eigenvalue weighted by molar-refractivity contribution is 7.99. The summed E-state index contributed by atoms with van der Waals surface area (Å²) >= 11 is 1.31. The van der Waals surface area contributed by atoms with E-state index in [1.54, 1.807) is 20.8 Å². The summed E-state index contributed by atoms with van der Waals surface area (Å²) in [6.45, 7) is 7.28. The van der Waals surface area contributed by atoms with E-state index in [1.807, 2.05) is 37.4 Å². The normalized spacial score (nSPS) is 11.8. The third-order valence-electron chi connectivity index (χ3n) is 3.68. The molecule has 0 radical (unpaired) electrons. The number of amides is 1. The zero-order valence-electron chi connectivity index (χ0n) is 15.6. The fourth-order valence-electron chi connectivity index (χ4n) is 2.38. The van der Waals surface area contributed by atoms with Crippen molar-refractivity contribution in [3.63, 3.8) is 0 Å². The van der Waals surface area contributed by atoms with Crippen molar-refractivity contribution in [2.45, 2.75) is 38.7 Å². The summed E-state index contributed by atoms with van der Waals surface area (Å²) in [6.07, 6.45) is 7.25. The molecule has 1 unspecified atom stereocenters. The molecule has 0 saturated carbocycles. The van der Waals surface area contributed by atoms with E-state index >= 15 is 0 Å². The van der Waals surface area contributed by atoms with Gasteiger partial charge in [0.25, 0.3) is 5.91 Å². The highest BCUT2D eigenvalue weighted by Crippen LogP contribution is 2.26. The predicted octanol–water partition coefficient (Wildman–Crippen LogP) is 3.51. The molecule has 2 rings (SSSR count). The first-order chi connectivity index (χ1) is 12.3. The number of nitrogens with one attached hydrogen (secondary N) is 1. The van der Waals surface area contributed by atoms with Gasteiger partial charge in [0.1, 0.15) is 11.4 Å². The number of aromatic nitrogens is 1. The first-order valence-electron chi connectivity index (χ1n) is 8.13. The molecule has 0 fully saturated rings. The van der Waals surface area contributed by atoms with Crippen molar-refractivity contribution in [2.75, 3.05) is 6.26 Å². The zero-order valence-corrected chi connectivity index (χ0v) is 16.5. The topological polar surface area (TPSA) is 51.2 Å². The van der Waals surface area contributed by atoms with Crippen LogP contribution >= 0.6 is 11.8 Å². The summed E-state index contributed by atoms with van der Waals surface area (Å²) in [5.41, 5.74) is 1.14. The lowest BCUT2D eigenvalue weighted by molar-refractivity contribution is -0.125. The molecule has 4 nitrogen and oxygen atoms in total. The molecular formula is C21H22N2O2S. The Kier molecular flexibility index (Phi) is 6.18. The van der Waals surface area contributed by atoms with Crippen LogP contribution in [0.4, 0.5) is 0 Å². The van der Waals surface area contributed by atoms with Crippen molar-refractivity contribution < 1.29 is 9.53 Å². The molecule has 1 N–H and O–H groups in total. The molecule has 1 atom stereocenters. The Morgan fingerprint density at radius 2 is 2.12 bits per heavy atom. The molecule has 0 saturated heterocycles. The summed E-state index contributed by atoms with van der Waals surface area (Å²) < 4.78 is 5.91. The number of carbonyl (C=O) groups is 1. The number of benzene rings is 1. The van der Waals surface area contributed by atoms with Gasteiger partial charge < -0.3 is 10.1 Å². The molecule has 5 heteroatoms. The van der Waals surface area contributed by atoms with Gasteiger partial charge in [0.2, 0.25) is 5.44 Å². The monoisotopic (exact) mass is 366 g/mol. The second kappa shape index (κ2) is 8.17. The molecule has 26 heavy (non-hydrogen) atoms. The van der Waals surface area contributed by atoms with E-state index in [2.05, 4.69) is 28.1 Å². The van der Waals surface area contributed by atoms with Crippen LogP contribution in [0.2, 0.25) is 0 Å². The van der Waals surface area contributed by atoms with Gasteiger partial charge in [-0.2, -0.15) is 0 Å². The van der Waals surface area contributed by atoms with E-state index in [4.69, 9.17) is 11.2 Å². The summed E-state index contributed by atoms with van der Waals surface area (Å²) in [7, 11) is 0. The molecular weight excluding hydrogens is 344 g/mol. The minimum absolute atomic E-state index is 0.259. The van der Waals surface area contributed by atoms with Crippen molar-refractivity contribution in [2.24, 2.45) is 0 Å². The van der Waals surface area contributed by atoms with E-state index in [0.717, 1.165) is 22.2 Å². The molecule has 134 valence electrons. The SMILES string of the molecule is C#CC(C)(C)NC(=O)C(Oc1cc(C)c2nc(C#CC)ccc2c1)SC. The van der Waals surface area contributed by atoms with Gasteiger partial charge in [-0.1, -0.05) is 11.8 Å². The summed E-state index contributed by atoms with van der Waals surface area (Å²) in [6, 6.07) is 7.58. The van der Waals surface area contributed by atoms with Gasteiger partial charge in [-0.3, -0.25) is 4.79 Å². The Labute approximate surface area is 159 Å². The molecule has 0 aliphatic rings. The lowest BCUT2D eigenvalue weighted by Gasteiger charge is -2.24. The van der Waals surface area contributed by atoms with Gasteiger partial charge in [0, 0.05) is 5.39 Å². The first kappa shape index (κ1) is 19.7. The second-order valence-electron chi connectivity index (χ2n) is 6.33. The number of ether oxygens (including phenoxy) is 1. The van der Waals surface area contributed by atoms with Crippen molar-refractivity contribution in [1.82, 2.24) is 10.3 Å². The maximum Gasteiger partial charge on any atom is 0.272 e. The molecule has 2 aromatic rings. The number of terminal acetylenes is 1. The van der Waals surface area contributed by atoms with Crippen LogP contribution in [0.5, 0.6) is 5.75 Å². The van der Waals surface area contributed by atoms with Crippen LogP contribution in [0.3, 0.4) is 0 Å². The minimum Gasteiger partial charge on any atom is -0.470 e. The number of rotatable bonds is 5. The largest absolute Gasteiger partial charge is 0.470 e. The Morgan fingerprint density at radius 1 is 1.38 bits per heavy atom. The molecule has 0 aliphatic carbocycles. The summed E-state index contributed by atoms with van der Waals surface area (Å²) in [5, 5.41) is 3.74. The Morgan fingerprint density at radius 3 is 2.73 bits per heavy atom. The van der Waals surface area contributed by atoms with Crippen LogP contribution in [0, 0.1) is 31.1 Å². The number of hydrogen-bond acceptors (Lipinski definition) is 4. The van der Waals surface area contributed by atoms with Crippen LogP contribution in [-0.2, 0) is 4.79 Å². The Bertz CT molecular complexity index is 933. The average Bonchev–Trinajstić information content (AvgIpc) is 2.60. The molecule has 1 aromatic heterocycles. The van der Waals surface area contributed by atoms with Gasteiger partial charge in [0.05, 0.1) is 11.1 Å². The van der Waals surface area contributed by atoms with Crippen LogP contribution in [0.15, 0.2) is 24.3 Å². The summed E-state index contributed by atoms with van der Waals surface area (Å²) in [4.78, 5) is 17.0. The number of nitrogens with zero attached hydrogens (tertiary/aromatic N) is 1. The summed E-state index contributed by atoms with van der Waals surface area (Å²) in [5.74, 6) is 8.71. The number of thioether (sulfide) groups is 1. The second-order valence-corrected chi connectivity index (χ2v) is 7.23. The number of hydrogen-bond donors (Lipinski definition) is 1. The fourth-order valence-corrected chi connectivity index (χ4v) is 2.86. The van der Waals surface area contributed by atoms with Crippen LogP contribution in [0.25, 0.3) is 10.9 Å². The fraction of sp³-hybridized carbons (Fsp3) is 0.333. The van der Waals surface area contributed by atoms with E-state index in [-0.39, 0.29) is 5.91 Å². The number of aryl methyl sites for hydroxylation is 1. The van der Waals surface area contributed by atoms with E-state index < -0.39 is 11.0 Å². The maximum atomic E-state index is 12.4. The predicted molar refractivity (Wildman–Crippen MR) is 108 cm³/mol. The van der Waals surface area contributed by atoms with E-state index in [9.17, 15) is 4.79 Å². The third-order valence-corrected chi connectivity index (χ3v) is 4.42. The number of fused-ring (bicyclic) bond motifs is 1. The lowest BCUT2D eigenvalue weighted by Crippen LogP contribution is -2.47. The van der Waals surface area contributed by atoms with Crippen molar-refractivity contribution in [1.29, 1.82) is 0 Å². The van der Waals surface area contributed by atoms with Gasteiger partial charge in [-0.05, 0) is 69.7 Å². The van der Waals surface area contributed by atoms with Gasteiger partial charge >= 0.3 is 0 Å². The first-order valence-corrected chi connectivity index (χ1v) is 9.42. The molecule has 0 aliphatic heterocycles. The quantitative estimate of drug-likeness (QED) is 0.650. The van der Waals surface area contributed by atoms with Gasteiger partial charge in [-0.25, -0.2) is 4.98 Å². The standard InChI is InChI=1S/C21H22N2O2S/c1-7-9-16-11-10-15-13-17(12-14(3)18(15)22-16)25-20(26-6)19(24)23-21(4,5)8-2/h2,10-13,20H,1,3-6H3,(H,23,24). The van der Waals surface area contributed by atoms with Crippen molar-refractivity contribution in [3.8, 4) is 29.9 Å². The Hall–Kier alpha value is -2.63. The smallest absolute Gasteiger partial charge is 0.272 e. The molecule has 0 spiro atoms. The zero-order chi connectivity index (χ0) is 19.3. The van der Waals surface area contributed by atoms with Crippen LogP contribution in [-0.4, -0.2) is 28.1 Å². The molecule has 1 aromatic carbocycles. The third kappa shape index (κ3) is 4.71. The minimum atomic E-state index is -0.728. The van der Waals surface area contributed by atoms with E-state index in [1.165, 1.54) is 11.8 Å². The maximum absolute atomic E-state index is 12.4. The van der Waals surface area contributed by atoms with E-state index in [0.29, 0.717) is 5.75 Å². The molecule has 1 heterocycles. The van der Waals surface area contributed by atoms with Gasteiger partial charge in [-0.15, -0.1) is 18.2 Å². The van der Waals surface area contributed by atoms with Crippen LogP contribution in [0.1, 0.15) is 32.0 Å².